The van der Waals surface area contributed by atoms with Crippen molar-refractivity contribution in [1.29, 1.82) is 0 Å². The van der Waals surface area contributed by atoms with Gasteiger partial charge in [-0.1, -0.05) is 60.7 Å². The van der Waals surface area contributed by atoms with Gasteiger partial charge in [0.2, 0.25) is 5.91 Å². The molecule has 0 saturated carbocycles. The van der Waals surface area contributed by atoms with Gasteiger partial charge in [0.15, 0.2) is 0 Å². The van der Waals surface area contributed by atoms with E-state index in [0.717, 1.165) is 23.3 Å². The summed E-state index contributed by atoms with van der Waals surface area (Å²) in [5, 5.41) is 10.5. The lowest BCUT2D eigenvalue weighted by Crippen LogP contribution is -2.42. The number of carbonyl (C=O) groups is 1. The van der Waals surface area contributed by atoms with Crippen molar-refractivity contribution in [2.75, 3.05) is 13.2 Å². The molecular formula is C27H29N3O3. The lowest BCUT2D eigenvalue weighted by atomic mass is 9.83. The summed E-state index contributed by atoms with van der Waals surface area (Å²) in [7, 11) is 0. The lowest BCUT2D eigenvalue weighted by molar-refractivity contribution is -0.130. The largest absolute Gasteiger partial charge is 0.508 e. The second-order valence-corrected chi connectivity index (χ2v) is 8.59. The summed E-state index contributed by atoms with van der Waals surface area (Å²) in [6, 6.07) is 25.0. The van der Waals surface area contributed by atoms with Crippen LogP contribution in [0, 0.1) is 5.92 Å². The molecule has 6 heteroatoms. The number of likely N-dealkylation sites (tertiary alicyclic amines) is 1. The average Bonchev–Trinajstić information content (AvgIpc) is 3.38. The van der Waals surface area contributed by atoms with Crippen molar-refractivity contribution in [2.45, 2.75) is 31.5 Å². The first-order chi connectivity index (χ1) is 16.2. The fourth-order valence-corrected chi connectivity index (χ4v) is 5.19. The van der Waals surface area contributed by atoms with Gasteiger partial charge in [-0.15, -0.1) is 0 Å². The highest BCUT2D eigenvalue weighted by atomic mass is 16.5. The van der Waals surface area contributed by atoms with Crippen LogP contribution >= 0.6 is 0 Å². The van der Waals surface area contributed by atoms with Gasteiger partial charge in [0.1, 0.15) is 17.5 Å². The van der Waals surface area contributed by atoms with Crippen molar-refractivity contribution in [2.24, 2.45) is 5.92 Å². The predicted octanol–water partition coefficient (Wildman–Crippen LogP) is 3.75. The molecule has 3 N–H and O–H groups in total. The van der Waals surface area contributed by atoms with Crippen molar-refractivity contribution in [3.8, 4) is 11.5 Å². The van der Waals surface area contributed by atoms with Gasteiger partial charge in [-0.3, -0.25) is 4.79 Å². The van der Waals surface area contributed by atoms with E-state index in [0.29, 0.717) is 13.2 Å². The first kappa shape index (κ1) is 21.5. The lowest BCUT2D eigenvalue weighted by Gasteiger charge is -2.31. The van der Waals surface area contributed by atoms with E-state index in [4.69, 9.17) is 4.74 Å². The van der Waals surface area contributed by atoms with E-state index in [1.54, 1.807) is 6.07 Å². The molecule has 1 amide bonds. The number of carbonyl (C=O) groups excluding carboxylic acids is 1. The van der Waals surface area contributed by atoms with Gasteiger partial charge in [-0.25, -0.2) is 10.9 Å². The number of hydrogen-bond donors (Lipinski definition) is 3. The van der Waals surface area contributed by atoms with Crippen molar-refractivity contribution in [3.63, 3.8) is 0 Å². The molecule has 0 radical (unpaired) electrons. The molecule has 2 heterocycles. The van der Waals surface area contributed by atoms with Crippen LogP contribution in [0.3, 0.4) is 0 Å². The molecule has 0 spiro atoms. The van der Waals surface area contributed by atoms with Gasteiger partial charge in [-0.2, -0.15) is 0 Å². The highest BCUT2D eigenvalue weighted by Crippen LogP contribution is 2.48. The molecule has 4 atom stereocenters. The molecule has 4 unspecified atom stereocenters. The third-order valence-corrected chi connectivity index (χ3v) is 6.70. The zero-order valence-corrected chi connectivity index (χ0v) is 18.6. The van der Waals surface area contributed by atoms with Crippen LogP contribution in [0.25, 0.3) is 0 Å². The van der Waals surface area contributed by atoms with E-state index in [-0.39, 0.29) is 35.7 Å². The smallest absolute Gasteiger partial charge is 0.242 e. The number of hydrogen-bond acceptors (Lipinski definition) is 5. The number of benzene rings is 3. The van der Waals surface area contributed by atoms with E-state index < -0.39 is 0 Å². The van der Waals surface area contributed by atoms with Crippen LogP contribution in [0.15, 0.2) is 78.9 Å². The molecule has 2 saturated heterocycles. The fraction of sp³-hybridized carbons (Fsp3) is 0.296. The third-order valence-electron chi connectivity index (χ3n) is 6.70. The number of phenolic OH excluding ortho intramolecular Hbond substituents is 1. The standard InChI is InChI=1S/C27H29N3O3/c1-2-33-20-14-12-19(13-15-20)26-23-24(21-10-6-7-11-22(21)31)28-29-25(23)27(32)30(26)17-16-18-8-4-3-5-9-18/h3-15,23-26,28-29,31H,2,16-17H2,1H3. The summed E-state index contributed by atoms with van der Waals surface area (Å²) >= 11 is 0. The topological polar surface area (TPSA) is 73.8 Å². The summed E-state index contributed by atoms with van der Waals surface area (Å²) in [6.45, 7) is 3.20. The number of para-hydroxylation sites is 1. The van der Waals surface area contributed by atoms with E-state index in [1.165, 1.54) is 5.56 Å². The number of hydrazine groups is 1. The minimum Gasteiger partial charge on any atom is -0.508 e. The fourth-order valence-electron chi connectivity index (χ4n) is 5.19. The van der Waals surface area contributed by atoms with Crippen molar-refractivity contribution >= 4 is 5.91 Å². The second-order valence-electron chi connectivity index (χ2n) is 8.59. The first-order valence-corrected chi connectivity index (χ1v) is 11.5. The molecule has 0 bridgehead atoms. The SMILES string of the molecule is CCOc1ccc(C2C3C(NNC3c3ccccc3O)C(=O)N2CCc2ccccc2)cc1. The molecule has 33 heavy (non-hydrogen) atoms. The Hall–Kier alpha value is -3.35. The second kappa shape index (κ2) is 9.25. The third kappa shape index (κ3) is 4.08. The van der Waals surface area contributed by atoms with E-state index in [1.807, 2.05) is 60.4 Å². The Morgan fingerprint density at radius 1 is 0.909 bits per heavy atom. The van der Waals surface area contributed by atoms with E-state index >= 15 is 0 Å². The Labute approximate surface area is 194 Å². The van der Waals surface area contributed by atoms with Gasteiger partial charge in [-0.05, 0) is 42.7 Å². The van der Waals surface area contributed by atoms with Crippen molar-refractivity contribution in [1.82, 2.24) is 15.8 Å². The number of rotatable bonds is 7. The zero-order valence-electron chi connectivity index (χ0n) is 18.6. The number of ether oxygens (including phenoxy) is 1. The molecule has 2 fully saturated rings. The quantitative estimate of drug-likeness (QED) is 0.519. The number of nitrogens with zero attached hydrogens (tertiary/aromatic N) is 1. The van der Waals surface area contributed by atoms with Crippen molar-refractivity contribution < 1.29 is 14.6 Å². The van der Waals surface area contributed by atoms with Gasteiger partial charge >= 0.3 is 0 Å². The molecule has 5 rings (SSSR count). The summed E-state index contributed by atoms with van der Waals surface area (Å²) in [6.07, 6.45) is 0.786. The van der Waals surface area contributed by atoms with E-state index in [2.05, 4.69) is 35.1 Å². The van der Waals surface area contributed by atoms with Gasteiger partial charge in [0.05, 0.1) is 18.7 Å². The summed E-state index contributed by atoms with van der Waals surface area (Å²) < 4.78 is 5.63. The monoisotopic (exact) mass is 443 g/mol. The Kier molecular flexibility index (Phi) is 6.03. The van der Waals surface area contributed by atoms with Crippen LogP contribution < -0.4 is 15.6 Å². The van der Waals surface area contributed by atoms with Gasteiger partial charge in [0.25, 0.3) is 0 Å². The van der Waals surface area contributed by atoms with Crippen molar-refractivity contribution in [3.05, 3.63) is 95.6 Å². The van der Waals surface area contributed by atoms with Gasteiger partial charge < -0.3 is 14.7 Å². The maximum Gasteiger partial charge on any atom is 0.242 e. The number of aromatic hydroxyl groups is 1. The molecule has 6 nitrogen and oxygen atoms in total. The van der Waals surface area contributed by atoms with Crippen LogP contribution in [-0.4, -0.2) is 35.1 Å². The maximum absolute atomic E-state index is 13.6. The van der Waals surface area contributed by atoms with Crippen LogP contribution in [0.2, 0.25) is 0 Å². The Balaban J connectivity index is 1.50. The van der Waals surface area contributed by atoms with E-state index in [9.17, 15) is 9.90 Å². The molecule has 170 valence electrons. The Bertz CT molecular complexity index is 1100. The number of phenols is 1. The summed E-state index contributed by atoms with van der Waals surface area (Å²) in [4.78, 5) is 15.6. The normalized spacial score (nSPS) is 24.2. The first-order valence-electron chi connectivity index (χ1n) is 11.5. The Morgan fingerprint density at radius 3 is 2.33 bits per heavy atom. The van der Waals surface area contributed by atoms with Crippen LogP contribution in [0.5, 0.6) is 11.5 Å². The van der Waals surface area contributed by atoms with Crippen LogP contribution in [0.1, 0.15) is 35.7 Å². The maximum atomic E-state index is 13.6. The molecular weight excluding hydrogens is 414 g/mol. The average molecular weight is 444 g/mol. The van der Waals surface area contributed by atoms with Gasteiger partial charge in [0, 0.05) is 18.0 Å². The molecule has 2 aliphatic heterocycles. The minimum atomic E-state index is -0.359. The molecule has 3 aromatic carbocycles. The summed E-state index contributed by atoms with van der Waals surface area (Å²) in [5.41, 5.74) is 9.59. The highest BCUT2D eigenvalue weighted by molar-refractivity contribution is 5.86. The zero-order chi connectivity index (χ0) is 22.8. The predicted molar refractivity (Wildman–Crippen MR) is 127 cm³/mol. The number of amides is 1. The Morgan fingerprint density at radius 2 is 1.61 bits per heavy atom. The molecule has 0 aliphatic carbocycles. The molecule has 0 aromatic heterocycles. The minimum absolute atomic E-state index is 0.0699. The summed E-state index contributed by atoms with van der Waals surface area (Å²) in [5.74, 6) is 1.07. The highest BCUT2D eigenvalue weighted by Gasteiger charge is 2.55. The van der Waals surface area contributed by atoms with Crippen LogP contribution in [-0.2, 0) is 11.2 Å². The molecule has 3 aromatic rings. The number of fused-ring (bicyclic) bond motifs is 1. The number of nitrogens with one attached hydrogen (secondary N) is 2. The molecule has 2 aliphatic rings. The van der Waals surface area contributed by atoms with Crippen LogP contribution in [0.4, 0.5) is 0 Å².